The number of carbonyl (C=O) groups excluding carboxylic acids is 1. The second-order valence-corrected chi connectivity index (χ2v) is 8.70. The molecule has 27 heavy (non-hydrogen) atoms. The lowest BCUT2D eigenvalue weighted by Crippen LogP contribution is -2.15. The number of halogens is 1. The standard InChI is InChI=1S/C19H20ClN3O3S/c20-18-11-16(27(25,26)9-1-7-21)4-5-17(18)19(24)23-15-3-2-14-12-22-8-6-13(14)10-15/h2-6,8,10-11,22H,1,7,9,12,21H2,(H,23,24). The fourth-order valence-corrected chi connectivity index (χ4v) is 4.46. The highest BCUT2D eigenvalue weighted by atomic mass is 35.5. The molecule has 0 unspecified atom stereocenters. The van der Waals surface area contributed by atoms with Gasteiger partial charge in [-0.05, 0) is 66.7 Å². The summed E-state index contributed by atoms with van der Waals surface area (Å²) in [5.41, 5.74) is 8.39. The van der Waals surface area contributed by atoms with E-state index in [1.54, 1.807) is 0 Å². The number of nitrogens with one attached hydrogen (secondary N) is 2. The van der Waals surface area contributed by atoms with Gasteiger partial charge in [-0.2, -0.15) is 0 Å². The number of nitrogens with two attached hydrogens (primary N) is 1. The van der Waals surface area contributed by atoms with E-state index in [1.165, 1.54) is 18.2 Å². The highest BCUT2D eigenvalue weighted by Crippen LogP contribution is 2.24. The first-order valence-corrected chi connectivity index (χ1v) is 10.5. The minimum atomic E-state index is -3.47. The van der Waals surface area contributed by atoms with Gasteiger partial charge in [0.25, 0.3) is 5.91 Å². The average molecular weight is 406 g/mol. The zero-order valence-corrected chi connectivity index (χ0v) is 16.1. The third kappa shape index (κ3) is 4.50. The van der Waals surface area contributed by atoms with Gasteiger partial charge in [-0.25, -0.2) is 8.42 Å². The van der Waals surface area contributed by atoms with Crippen LogP contribution in [-0.2, 0) is 16.4 Å². The first kappa shape index (κ1) is 19.4. The molecule has 0 radical (unpaired) electrons. The molecule has 0 atom stereocenters. The molecular formula is C19H20ClN3O3S. The molecule has 0 spiro atoms. The molecule has 0 aromatic heterocycles. The van der Waals surface area contributed by atoms with Gasteiger partial charge in [-0.15, -0.1) is 0 Å². The van der Waals surface area contributed by atoms with Crippen LogP contribution < -0.4 is 16.4 Å². The third-order valence-electron chi connectivity index (χ3n) is 4.24. The Morgan fingerprint density at radius 1 is 1.22 bits per heavy atom. The molecule has 0 bridgehead atoms. The van der Waals surface area contributed by atoms with Crippen LogP contribution in [-0.4, -0.2) is 26.6 Å². The molecule has 0 saturated heterocycles. The Bertz CT molecular complexity index is 1000. The molecule has 0 saturated carbocycles. The van der Waals surface area contributed by atoms with E-state index in [1.807, 2.05) is 30.5 Å². The van der Waals surface area contributed by atoms with Crippen molar-refractivity contribution in [2.75, 3.05) is 17.6 Å². The second kappa shape index (κ2) is 8.12. The number of fused-ring (bicyclic) bond motifs is 1. The number of amides is 1. The molecule has 8 heteroatoms. The van der Waals surface area contributed by atoms with Gasteiger partial charge in [0.15, 0.2) is 9.84 Å². The Kier molecular flexibility index (Phi) is 5.84. The zero-order chi connectivity index (χ0) is 19.4. The number of hydrogen-bond acceptors (Lipinski definition) is 5. The maximum Gasteiger partial charge on any atom is 0.257 e. The molecule has 2 aromatic carbocycles. The smallest absolute Gasteiger partial charge is 0.257 e. The summed E-state index contributed by atoms with van der Waals surface area (Å²) in [4.78, 5) is 12.6. The normalized spacial score (nSPS) is 13.0. The fourth-order valence-electron chi connectivity index (χ4n) is 2.77. The van der Waals surface area contributed by atoms with E-state index in [0.717, 1.165) is 17.7 Å². The molecule has 142 valence electrons. The third-order valence-corrected chi connectivity index (χ3v) is 6.35. The van der Waals surface area contributed by atoms with Crippen LogP contribution in [0.3, 0.4) is 0 Å². The first-order chi connectivity index (χ1) is 12.9. The predicted octanol–water partition coefficient (Wildman–Crippen LogP) is 2.79. The number of benzene rings is 2. The van der Waals surface area contributed by atoms with Crippen molar-refractivity contribution in [1.29, 1.82) is 0 Å². The van der Waals surface area contributed by atoms with Crippen molar-refractivity contribution in [3.05, 3.63) is 64.3 Å². The number of sulfone groups is 1. The Hall–Kier alpha value is -2.35. The summed E-state index contributed by atoms with van der Waals surface area (Å²) < 4.78 is 24.5. The topological polar surface area (TPSA) is 101 Å². The van der Waals surface area contributed by atoms with Crippen molar-refractivity contribution < 1.29 is 13.2 Å². The second-order valence-electron chi connectivity index (χ2n) is 6.18. The minimum Gasteiger partial charge on any atom is -0.387 e. The van der Waals surface area contributed by atoms with Gasteiger partial charge in [0, 0.05) is 12.2 Å². The van der Waals surface area contributed by atoms with Crippen LogP contribution in [0.15, 0.2) is 47.5 Å². The largest absolute Gasteiger partial charge is 0.387 e. The minimum absolute atomic E-state index is 0.0527. The summed E-state index contributed by atoms with van der Waals surface area (Å²) in [5.74, 6) is -0.452. The van der Waals surface area contributed by atoms with Crippen molar-refractivity contribution in [1.82, 2.24) is 5.32 Å². The van der Waals surface area contributed by atoms with Gasteiger partial charge in [0.05, 0.1) is 21.2 Å². The van der Waals surface area contributed by atoms with Crippen LogP contribution in [0.25, 0.3) is 6.08 Å². The lowest BCUT2D eigenvalue weighted by atomic mass is 10.0. The zero-order valence-electron chi connectivity index (χ0n) is 14.5. The van der Waals surface area contributed by atoms with Crippen molar-refractivity contribution in [3.8, 4) is 0 Å². The van der Waals surface area contributed by atoms with Crippen LogP contribution in [0.2, 0.25) is 5.02 Å². The molecule has 1 aliphatic rings. The fraction of sp³-hybridized carbons (Fsp3) is 0.211. The molecular weight excluding hydrogens is 386 g/mol. The lowest BCUT2D eigenvalue weighted by Gasteiger charge is -2.14. The van der Waals surface area contributed by atoms with E-state index in [-0.39, 0.29) is 21.2 Å². The maximum atomic E-state index is 12.5. The van der Waals surface area contributed by atoms with Crippen LogP contribution >= 0.6 is 11.6 Å². The van der Waals surface area contributed by atoms with Crippen LogP contribution in [0.5, 0.6) is 0 Å². The molecule has 1 heterocycles. The van der Waals surface area contributed by atoms with Crippen molar-refractivity contribution >= 4 is 39.1 Å². The molecule has 3 rings (SSSR count). The van der Waals surface area contributed by atoms with E-state index in [0.29, 0.717) is 18.7 Å². The Morgan fingerprint density at radius 2 is 2.04 bits per heavy atom. The Labute approximate surface area is 163 Å². The van der Waals surface area contributed by atoms with Gasteiger partial charge in [-0.3, -0.25) is 4.79 Å². The van der Waals surface area contributed by atoms with Crippen molar-refractivity contribution in [2.45, 2.75) is 17.9 Å². The van der Waals surface area contributed by atoms with Crippen LogP contribution in [0.1, 0.15) is 27.9 Å². The number of hydrogen-bond donors (Lipinski definition) is 3. The summed E-state index contributed by atoms with van der Waals surface area (Å²) in [7, 11) is -3.47. The SMILES string of the molecule is NCCCS(=O)(=O)c1ccc(C(=O)Nc2ccc3c(c2)C=CNC3)c(Cl)c1. The van der Waals surface area contributed by atoms with E-state index in [4.69, 9.17) is 17.3 Å². The summed E-state index contributed by atoms with van der Waals surface area (Å²) in [6, 6.07) is 9.77. The molecule has 0 aliphatic carbocycles. The van der Waals surface area contributed by atoms with E-state index in [2.05, 4.69) is 10.6 Å². The van der Waals surface area contributed by atoms with E-state index < -0.39 is 15.7 Å². The van der Waals surface area contributed by atoms with Crippen LogP contribution in [0, 0.1) is 0 Å². The van der Waals surface area contributed by atoms with Gasteiger partial charge >= 0.3 is 0 Å². The van der Waals surface area contributed by atoms with Crippen molar-refractivity contribution in [3.63, 3.8) is 0 Å². The van der Waals surface area contributed by atoms with E-state index in [9.17, 15) is 13.2 Å². The average Bonchev–Trinajstić information content (AvgIpc) is 2.66. The number of carbonyl (C=O) groups is 1. The molecule has 6 nitrogen and oxygen atoms in total. The number of anilines is 1. The van der Waals surface area contributed by atoms with E-state index >= 15 is 0 Å². The van der Waals surface area contributed by atoms with Gasteiger partial charge in [-0.1, -0.05) is 17.7 Å². The monoisotopic (exact) mass is 405 g/mol. The van der Waals surface area contributed by atoms with Gasteiger partial charge in [0.1, 0.15) is 0 Å². The first-order valence-electron chi connectivity index (χ1n) is 8.47. The lowest BCUT2D eigenvalue weighted by molar-refractivity contribution is 0.102. The van der Waals surface area contributed by atoms with Crippen LogP contribution in [0.4, 0.5) is 5.69 Å². The summed E-state index contributed by atoms with van der Waals surface area (Å²) in [6.45, 7) is 1.03. The van der Waals surface area contributed by atoms with Gasteiger partial charge < -0.3 is 16.4 Å². The highest BCUT2D eigenvalue weighted by Gasteiger charge is 2.18. The Balaban J connectivity index is 1.79. The summed E-state index contributed by atoms with van der Waals surface area (Å²) in [5, 5.41) is 6.01. The molecule has 0 fully saturated rings. The Morgan fingerprint density at radius 3 is 2.78 bits per heavy atom. The quantitative estimate of drug-likeness (QED) is 0.686. The maximum absolute atomic E-state index is 12.5. The van der Waals surface area contributed by atoms with Crippen molar-refractivity contribution in [2.24, 2.45) is 5.73 Å². The summed E-state index contributed by atoms with van der Waals surface area (Å²) >= 11 is 6.18. The molecule has 4 N–H and O–H groups in total. The highest BCUT2D eigenvalue weighted by molar-refractivity contribution is 7.91. The summed E-state index contributed by atoms with van der Waals surface area (Å²) in [6.07, 6.45) is 4.15. The molecule has 1 aliphatic heterocycles. The molecule has 2 aromatic rings. The molecule has 1 amide bonds. The van der Waals surface area contributed by atoms with Gasteiger partial charge in [0.2, 0.25) is 0 Å². The number of rotatable bonds is 6. The predicted molar refractivity (Wildman–Crippen MR) is 107 cm³/mol.